The standard InChI is InChI=1S/C14H23N3S/c1-3-15-14(12-4-9-18-11(12)2)13-10-16-5-7-17(13)8-6-16/h4,9,13-15H,3,5-8,10H2,1-2H3. The van der Waals surface area contributed by atoms with Crippen LogP contribution in [0.3, 0.4) is 0 Å². The Morgan fingerprint density at radius 3 is 2.67 bits per heavy atom. The Bertz CT molecular complexity index is 395. The average molecular weight is 265 g/mol. The molecule has 2 atom stereocenters. The molecular formula is C14H23N3S. The summed E-state index contributed by atoms with van der Waals surface area (Å²) < 4.78 is 0. The van der Waals surface area contributed by atoms with Crippen molar-refractivity contribution in [1.29, 1.82) is 0 Å². The minimum atomic E-state index is 0.504. The van der Waals surface area contributed by atoms with Gasteiger partial charge in [0.1, 0.15) is 0 Å². The molecule has 2 unspecified atom stereocenters. The van der Waals surface area contributed by atoms with E-state index < -0.39 is 0 Å². The third-order valence-corrected chi connectivity index (χ3v) is 5.23. The molecule has 0 amide bonds. The van der Waals surface area contributed by atoms with Crippen molar-refractivity contribution < 1.29 is 0 Å². The maximum atomic E-state index is 3.72. The fourth-order valence-corrected chi connectivity index (χ4v) is 4.11. The molecule has 1 N–H and O–H groups in total. The molecule has 0 saturated carbocycles. The Morgan fingerprint density at radius 2 is 2.17 bits per heavy atom. The highest BCUT2D eigenvalue weighted by Gasteiger charge is 2.37. The van der Waals surface area contributed by atoms with E-state index in [1.807, 2.05) is 11.3 Å². The Kier molecular flexibility index (Phi) is 3.71. The summed E-state index contributed by atoms with van der Waals surface area (Å²) in [6, 6.07) is 3.47. The summed E-state index contributed by atoms with van der Waals surface area (Å²) in [6.07, 6.45) is 0. The normalized spacial score (nSPS) is 32.7. The second-order valence-corrected chi connectivity index (χ2v) is 6.49. The SMILES string of the molecule is CCNC(c1ccsc1C)C1CN2CCN1CC2. The first kappa shape index (κ1) is 12.6. The molecule has 0 spiro atoms. The maximum Gasteiger partial charge on any atom is 0.0501 e. The highest BCUT2D eigenvalue weighted by molar-refractivity contribution is 7.10. The zero-order chi connectivity index (χ0) is 12.5. The first-order valence-electron chi connectivity index (χ1n) is 7.03. The van der Waals surface area contributed by atoms with E-state index in [1.165, 1.54) is 43.2 Å². The summed E-state index contributed by atoms with van der Waals surface area (Å²) in [5, 5.41) is 5.95. The molecule has 3 nitrogen and oxygen atoms in total. The number of rotatable bonds is 4. The quantitative estimate of drug-likeness (QED) is 0.894. The van der Waals surface area contributed by atoms with Gasteiger partial charge in [-0.05, 0) is 30.5 Å². The van der Waals surface area contributed by atoms with E-state index >= 15 is 0 Å². The van der Waals surface area contributed by atoms with Crippen molar-refractivity contribution in [2.24, 2.45) is 0 Å². The zero-order valence-corrected chi connectivity index (χ0v) is 12.2. The molecule has 3 fully saturated rings. The lowest BCUT2D eigenvalue weighted by Crippen LogP contribution is -2.64. The van der Waals surface area contributed by atoms with Gasteiger partial charge in [-0.15, -0.1) is 11.3 Å². The molecule has 100 valence electrons. The second-order valence-electron chi connectivity index (χ2n) is 5.37. The van der Waals surface area contributed by atoms with Crippen LogP contribution in [0.5, 0.6) is 0 Å². The van der Waals surface area contributed by atoms with E-state index in [0.29, 0.717) is 12.1 Å². The number of piperazine rings is 3. The number of nitrogens with zero attached hydrogens (tertiary/aromatic N) is 2. The summed E-state index contributed by atoms with van der Waals surface area (Å²) in [6.45, 7) is 11.8. The molecule has 0 aliphatic carbocycles. The summed E-state index contributed by atoms with van der Waals surface area (Å²) >= 11 is 1.87. The summed E-state index contributed by atoms with van der Waals surface area (Å²) in [5.74, 6) is 0. The van der Waals surface area contributed by atoms with Gasteiger partial charge in [0, 0.05) is 43.6 Å². The van der Waals surface area contributed by atoms with Gasteiger partial charge in [-0.2, -0.15) is 0 Å². The molecule has 1 aromatic heterocycles. The fourth-order valence-electron chi connectivity index (χ4n) is 3.36. The van der Waals surface area contributed by atoms with E-state index in [2.05, 4.69) is 40.4 Å². The van der Waals surface area contributed by atoms with E-state index in [0.717, 1.165) is 6.54 Å². The number of aryl methyl sites for hydroxylation is 1. The smallest absolute Gasteiger partial charge is 0.0501 e. The Balaban J connectivity index is 1.84. The molecule has 0 aromatic carbocycles. The van der Waals surface area contributed by atoms with E-state index in [1.54, 1.807) is 0 Å². The molecule has 18 heavy (non-hydrogen) atoms. The number of nitrogens with one attached hydrogen (secondary N) is 1. The molecular weight excluding hydrogens is 242 g/mol. The lowest BCUT2D eigenvalue weighted by atomic mass is 9.94. The van der Waals surface area contributed by atoms with Gasteiger partial charge in [0.15, 0.2) is 0 Å². The topological polar surface area (TPSA) is 18.5 Å². The predicted octanol–water partition coefficient (Wildman–Crippen LogP) is 1.71. The Labute approximate surface area is 114 Å². The molecule has 4 heteroatoms. The Morgan fingerprint density at radius 1 is 1.39 bits per heavy atom. The van der Waals surface area contributed by atoms with Crippen LogP contribution in [0.25, 0.3) is 0 Å². The second kappa shape index (κ2) is 5.29. The highest BCUT2D eigenvalue weighted by atomic mass is 32.1. The minimum Gasteiger partial charge on any atom is -0.309 e. The molecule has 1 aromatic rings. The Hall–Kier alpha value is -0.420. The number of hydrogen-bond donors (Lipinski definition) is 1. The fraction of sp³-hybridized carbons (Fsp3) is 0.714. The molecule has 2 bridgehead atoms. The van der Waals surface area contributed by atoms with E-state index in [4.69, 9.17) is 0 Å². The van der Waals surface area contributed by atoms with Gasteiger partial charge in [0.2, 0.25) is 0 Å². The van der Waals surface area contributed by atoms with Crippen LogP contribution >= 0.6 is 11.3 Å². The third-order valence-electron chi connectivity index (χ3n) is 4.36. The van der Waals surface area contributed by atoms with Crippen molar-refractivity contribution in [3.63, 3.8) is 0 Å². The van der Waals surface area contributed by atoms with Crippen LogP contribution in [0.15, 0.2) is 11.4 Å². The maximum absolute atomic E-state index is 3.72. The van der Waals surface area contributed by atoms with Gasteiger partial charge in [-0.25, -0.2) is 0 Å². The largest absolute Gasteiger partial charge is 0.309 e. The monoisotopic (exact) mass is 265 g/mol. The number of likely N-dealkylation sites (N-methyl/N-ethyl adjacent to an activating group) is 1. The first-order valence-corrected chi connectivity index (χ1v) is 7.91. The average Bonchev–Trinajstić information content (AvgIpc) is 2.83. The van der Waals surface area contributed by atoms with E-state index in [9.17, 15) is 0 Å². The van der Waals surface area contributed by atoms with Crippen molar-refractivity contribution in [3.05, 3.63) is 21.9 Å². The highest BCUT2D eigenvalue weighted by Crippen LogP contribution is 2.31. The van der Waals surface area contributed by atoms with Gasteiger partial charge < -0.3 is 5.32 Å². The van der Waals surface area contributed by atoms with Crippen LogP contribution < -0.4 is 5.32 Å². The van der Waals surface area contributed by atoms with Crippen LogP contribution in [-0.4, -0.2) is 55.1 Å². The minimum absolute atomic E-state index is 0.504. The molecule has 0 radical (unpaired) electrons. The van der Waals surface area contributed by atoms with Crippen LogP contribution in [0, 0.1) is 6.92 Å². The molecule has 4 heterocycles. The summed E-state index contributed by atoms with van der Waals surface area (Å²) in [4.78, 5) is 6.78. The molecule has 3 saturated heterocycles. The number of fused-ring (bicyclic) bond motifs is 3. The number of thiophene rings is 1. The lowest BCUT2D eigenvalue weighted by molar-refractivity contribution is -0.00344. The van der Waals surface area contributed by atoms with Crippen LogP contribution in [-0.2, 0) is 0 Å². The van der Waals surface area contributed by atoms with Crippen molar-refractivity contribution in [1.82, 2.24) is 15.1 Å². The van der Waals surface area contributed by atoms with Crippen LogP contribution in [0.1, 0.15) is 23.4 Å². The lowest BCUT2D eigenvalue weighted by Gasteiger charge is -2.50. The van der Waals surface area contributed by atoms with Gasteiger partial charge in [-0.3, -0.25) is 9.80 Å². The summed E-state index contributed by atoms with van der Waals surface area (Å²) in [7, 11) is 0. The van der Waals surface area contributed by atoms with Crippen molar-refractivity contribution >= 4 is 11.3 Å². The molecule has 3 aliphatic heterocycles. The van der Waals surface area contributed by atoms with Crippen molar-refractivity contribution in [3.8, 4) is 0 Å². The third kappa shape index (κ3) is 2.23. The molecule has 4 rings (SSSR count). The predicted molar refractivity (Wildman–Crippen MR) is 77.3 cm³/mol. The van der Waals surface area contributed by atoms with Gasteiger partial charge in [0.25, 0.3) is 0 Å². The van der Waals surface area contributed by atoms with E-state index in [-0.39, 0.29) is 0 Å². The van der Waals surface area contributed by atoms with Gasteiger partial charge >= 0.3 is 0 Å². The van der Waals surface area contributed by atoms with Gasteiger partial charge in [0.05, 0.1) is 6.04 Å². The summed E-state index contributed by atoms with van der Waals surface area (Å²) in [5.41, 5.74) is 1.51. The first-order chi connectivity index (χ1) is 8.79. The van der Waals surface area contributed by atoms with Crippen LogP contribution in [0.2, 0.25) is 0 Å². The zero-order valence-electron chi connectivity index (χ0n) is 11.4. The van der Waals surface area contributed by atoms with Crippen molar-refractivity contribution in [2.75, 3.05) is 39.3 Å². The van der Waals surface area contributed by atoms with Crippen LogP contribution in [0.4, 0.5) is 0 Å². The molecule has 3 aliphatic rings. The number of hydrogen-bond acceptors (Lipinski definition) is 4. The van der Waals surface area contributed by atoms with Crippen molar-refractivity contribution in [2.45, 2.75) is 25.9 Å². The van der Waals surface area contributed by atoms with Gasteiger partial charge in [-0.1, -0.05) is 6.92 Å².